The van der Waals surface area contributed by atoms with Crippen molar-refractivity contribution in [2.24, 2.45) is 0 Å². The van der Waals surface area contributed by atoms with Crippen LogP contribution in [0.3, 0.4) is 0 Å². The van der Waals surface area contributed by atoms with Gasteiger partial charge in [0.1, 0.15) is 0 Å². The first kappa shape index (κ1) is 15.3. The van der Waals surface area contributed by atoms with Crippen molar-refractivity contribution in [1.29, 1.82) is 0 Å². The Morgan fingerprint density at radius 3 is 1.53 bits per heavy atom. The van der Waals surface area contributed by atoms with Crippen LogP contribution in [0.15, 0.2) is 60.9 Å². The maximum Gasteiger partial charge on any atom is 0.254 e. The minimum Gasteiger partial charge on any atom is -0.288 e. The van der Waals surface area contributed by atoms with E-state index in [9.17, 15) is 0 Å². The first-order valence-electron chi connectivity index (χ1n) is 4.83. The van der Waals surface area contributed by atoms with Gasteiger partial charge in [0.05, 0.1) is 0 Å². The molecule has 0 aliphatic heterocycles. The Morgan fingerprint density at radius 1 is 0.941 bits per heavy atom. The molecule has 2 rings (SSSR count). The van der Waals surface area contributed by atoms with Gasteiger partial charge in [0.15, 0.2) is 0 Å². The number of rotatable bonds is 0. The van der Waals surface area contributed by atoms with Crippen LogP contribution in [0.25, 0.3) is 0 Å². The molecule has 0 aliphatic rings. The number of benzene rings is 1. The third kappa shape index (κ3) is 14.3. The van der Waals surface area contributed by atoms with Crippen LogP contribution >= 0.6 is 0 Å². The fraction of sp³-hybridized carbons (Fsp3) is 0.0833. The summed E-state index contributed by atoms with van der Waals surface area (Å²) in [6.45, 7) is 2.08. The average Bonchev–Trinajstić information content (AvgIpc) is 2.32. The van der Waals surface area contributed by atoms with E-state index >= 15 is 0 Å². The zero-order chi connectivity index (χ0) is 12.9. The number of aromatic nitrogens is 1. The van der Waals surface area contributed by atoms with Gasteiger partial charge in [-0.2, -0.15) is 0 Å². The second-order valence-corrected chi connectivity index (χ2v) is 3.39. The average molecular weight is 253 g/mol. The predicted octanol–water partition coefficient (Wildman–Crippen LogP) is 2.15. The van der Waals surface area contributed by atoms with Crippen LogP contribution in [-0.4, -0.2) is 18.0 Å². The second kappa shape index (κ2) is 10.8. The van der Waals surface area contributed by atoms with Gasteiger partial charge in [-0.15, -0.1) is 0 Å². The lowest BCUT2D eigenvalue weighted by Crippen LogP contribution is -1.62. The standard InChI is InChI=1S/C7H8.C5H5N.H2O3S/c1-7-5-3-2-4-6-7;1-2-4-6-5-3-1;1-4(2)3/h2-6H,1H3;1-5H;4H,(H,1,2,3). The van der Waals surface area contributed by atoms with Gasteiger partial charge in [0.2, 0.25) is 0 Å². The smallest absolute Gasteiger partial charge is 0.254 e. The quantitative estimate of drug-likeness (QED) is 0.557. The van der Waals surface area contributed by atoms with E-state index in [1.165, 1.54) is 5.56 Å². The molecule has 0 amide bonds. The molecular formula is C12H15NO3S. The van der Waals surface area contributed by atoms with E-state index in [0.717, 1.165) is 0 Å². The van der Waals surface area contributed by atoms with Crippen molar-refractivity contribution in [1.82, 2.24) is 4.98 Å². The van der Waals surface area contributed by atoms with Crippen LogP contribution in [0.5, 0.6) is 0 Å². The molecule has 0 unspecified atom stereocenters. The van der Waals surface area contributed by atoms with Gasteiger partial charge in [-0.3, -0.25) is 9.54 Å². The molecule has 1 heterocycles. The molecule has 0 saturated heterocycles. The molecule has 0 radical (unpaired) electrons. The van der Waals surface area contributed by atoms with Crippen LogP contribution in [0.4, 0.5) is 0 Å². The summed E-state index contributed by atoms with van der Waals surface area (Å²) in [5.74, 6) is 0. The molecule has 17 heavy (non-hydrogen) atoms. The maximum absolute atomic E-state index is 8.59. The Kier molecular flexibility index (Phi) is 9.70. The van der Waals surface area contributed by atoms with Gasteiger partial charge in [0.25, 0.3) is 11.0 Å². The summed E-state index contributed by atoms with van der Waals surface area (Å²) in [6, 6.07) is 16.0. The Hall–Kier alpha value is -1.72. The van der Waals surface area contributed by atoms with Gasteiger partial charge in [0, 0.05) is 12.4 Å². The van der Waals surface area contributed by atoms with E-state index in [0.29, 0.717) is 0 Å². The Bertz CT molecular complexity index is 409. The number of hydrogen-bond acceptors (Lipinski definition) is 3. The minimum atomic E-state index is -3.12. The fourth-order valence-electron chi connectivity index (χ4n) is 0.847. The summed E-state index contributed by atoms with van der Waals surface area (Å²) in [7, 11) is -3.12. The van der Waals surface area contributed by atoms with Crippen molar-refractivity contribution >= 4 is 11.0 Å². The minimum absolute atomic E-state index is 1.32. The van der Waals surface area contributed by atoms with Crippen molar-refractivity contribution in [2.75, 3.05) is 0 Å². The monoisotopic (exact) mass is 253 g/mol. The van der Waals surface area contributed by atoms with E-state index in [1.54, 1.807) is 12.4 Å². The van der Waals surface area contributed by atoms with Crippen LogP contribution < -0.4 is 0 Å². The summed E-state index contributed by atoms with van der Waals surface area (Å²) < 4.78 is 24.2. The summed E-state index contributed by atoms with van der Waals surface area (Å²) in [5, 5.41) is 0. The molecule has 1 aromatic carbocycles. The first-order valence-corrected chi connectivity index (χ1v) is 5.96. The van der Waals surface area contributed by atoms with E-state index in [1.807, 2.05) is 36.4 Å². The molecule has 0 spiro atoms. The number of hydrogen-bond donors (Lipinski definition) is 2. The van der Waals surface area contributed by atoms with Gasteiger partial charge in [-0.1, -0.05) is 42.0 Å². The topological polar surface area (TPSA) is 67.3 Å². The third-order valence-corrected chi connectivity index (χ3v) is 1.51. The molecular weight excluding hydrogens is 238 g/mol. The van der Waals surface area contributed by atoms with Gasteiger partial charge >= 0.3 is 0 Å². The SMILES string of the molecule is Cc1ccccc1.O=[SH](=O)O.c1ccncc1. The number of aryl methyl sites for hydroxylation is 1. The van der Waals surface area contributed by atoms with Crippen LogP contribution in [0, 0.1) is 6.92 Å². The summed E-state index contributed by atoms with van der Waals surface area (Å²) >= 11 is 0. The normalized spacial score (nSPS) is 8.41. The largest absolute Gasteiger partial charge is 0.288 e. The zero-order valence-corrected chi connectivity index (χ0v) is 10.3. The van der Waals surface area contributed by atoms with Crippen molar-refractivity contribution in [3.05, 3.63) is 66.5 Å². The molecule has 0 atom stereocenters. The molecule has 0 saturated carbocycles. The molecule has 5 heteroatoms. The predicted molar refractivity (Wildman–Crippen MR) is 68.4 cm³/mol. The lowest BCUT2D eigenvalue weighted by Gasteiger charge is -1.82. The Labute approximate surface area is 103 Å². The van der Waals surface area contributed by atoms with Gasteiger partial charge < -0.3 is 0 Å². The highest BCUT2D eigenvalue weighted by Gasteiger charge is 1.72. The highest BCUT2D eigenvalue weighted by Crippen LogP contribution is 1.92. The lowest BCUT2D eigenvalue weighted by molar-refractivity contribution is 0.509. The highest BCUT2D eigenvalue weighted by molar-refractivity contribution is 7.66. The second-order valence-electron chi connectivity index (χ2n) is 2.92. The molecule has 0 aliphatic carbocycles. The summed E-state index contributed by atoms with van der Waals surface area (Å²) in [4.78, 5) is 3.78. The number of thiol groups is 1. The molecule has 0 fully saturated rings. The van der Waals surface area contributed by atoms with E-state index < -0.39 is 11.0 Å². The van der Waals surface area contributed by atoms with Crippen molar-refractivity contribution in [3.8, 4) is 0 Å². The van der Waals surface area contributed by atoms with E-state index in [4.69, 9.17) is 13.0 Å². The molecule has 2 aromatic rings. The van der Waals surface area contributed by atoms with Crippen LogP contribution in [0.1, 0.15) is 5.56 Å². The zero-order valence-electron chi connectivity index (χ0n) is 9.43. The molecule has 1 N–H and O–H groups in total. The number of pyridine rings is 1. The van der Waals surface area contributed by atoms with Gasteiger partial charge in [-0.05, 0) is 19.1 Å². The van der Waals surface area contributed by atoms with Crippen LogP contribution in [-0.2, 0) is 11.0 Å². The summed E-state index contributed by atoms with van der Waals surface area (Å²) in [5.41, 5.74) is 1.32. The Morgan fingerprint density at radius 2 is 1.35 bits per heavy atom. The van der Waals surface area contributed by atoms with Crippen molar-refractivity contribution in [3.63, 3.8) is 0 Å². The third-order valence-electron chi connectivity index (χ3n) is 1.51. The van der Waals surface area contributed by atoms with Crippen molar-refractivity contribution in [2.45, 2.75) is 6.92 Å². The molecule has 4 nitrogen and oxygen atoms in total. The Balaban J connectivity index is 0.000000236. The fourth-order valence-corrected chi connectivity index (χ4v) is 0.847. The molecule has 0 bridgehead atoms. The lowest BCUT2D eigenvalue weighted by atomic mass is 10.2. The molecule has 92 valence electrons. The van der Waals surface area contributed by atoms with E-state index in [2.05, 4.69) is 24.0 Å². The highest BCUT2D eigenvalue weighted by atomic mass is 32.2. The van der Waals surface area contributed by atoms with Crippen molar-refractivity contribution < 1.29 is 13.0 Å². The maximum atomic E-state index is 8.59. The van der Waals surface area contributed by atoms with E-state index in [-0.39, 0.29) is 0 Å². The first-order chi connectivity index (χ1) is 8.13. The van der Waals surface area contributed by atoms with Crippen LogP contribution in [0.2, 0.25) is 0 Å². The summed E-state index contributed by atoms with van der Waals surface area (Å²) in [6.07, 6.45) is 3.50. The van der Waals surface area contributed by atoms with Gasteiger partial charge in [-0.25, -0.2) is 8.42 Å². The number of nitrogens with zero attached hydrogens (tertiary/aromatic N) is 1. The molecule has 1 aromatic heterocycles.